The van der Waals surface area contributed by atoms with E-state index in [1.807, 2.05) is 0 Å². The smallest absolute Gasteiger partial charge is 0.326 e. The van der Waals surface area contributed by atoms with Crippen LogP contribution in [0.15, 0.2) is 24.3 Å². The van der Waals surface area contributed by atoms with Crippen molar-refractivity contribution in [2.75, 3.05) is 13.2 Å². The van der Waals surface area contributed by atoms with Crippen LogP contribution in [0, 0.1) is 11.8 Å². The number of benzene rings is 1. The number of imide groups is 1. The summed E-state index contributed by atoms with van der Waals surface area (Å²) in [6, 6.07) is 5.99. The Morgan fingerprint density at radius 1 is 1.00 bits per heavy atom. The van der Waals surface area contributed by atoms with Crippen LogP contribution in [0.25, 0.3) is 0 Å². The molecule has 0 radical (unpaired) electrons. The van der Waals surface area contributed by atoms with Gasteiger partial charge in [-0.15, -0.1) is 0 Å². The fourth-order valence-electron chi connectivity index (χ4n) is 3.48. The Balaban J connectivity index is 1.44. The molecular weight excluding hydrogens is 561 g/mol. The van der Waals surface area contributed by atoms with Gasteiger partial charge in [0, 0.05) is 20.2 Å². The van der Waals surface area contributed by atoms with Crippen LogP contribution in [0.2, 0.25) is 5.02 Å². The first-order chi connectivity index (χ1) is 14.7. The largest absolute Gasteiger partial charge is 0.454 e. The summed E-state index contributed by atoms with van der Waals surface area (Å²) in [5.41, 5.74) is 4.55. The van der Waals surface area contributed by atoms with Crippen LogP contribution in [-0.2, 0) is 23.9 Å². The van der Waals surface area contributed by atoms with Gasteiger partial charge in [0.1, 0.15) is 6.54 Å². The number of esters is 1. The molecule has 4 amide bonds. The minimum atomic E-state index is -0.898. The molecule has 2 aliphatic rings. The number of hydrazine groups is 1. The van der Waals surface area contributed by atoms with E-state index in [1.165, 1.54) is 24.3 Å². The minimum Gasteiger partial charge on any atom is -0.454 e. The van der Waals surface area contributed by atoms with Gasteiger partial charge in [-0.3, -0.25) is 39.7 Å². The molecule has 0 aromatic heterocycles. The number of carbonyl (C=O) groups excluding carboxylic acids is 5. The van der Waals surface area contributed by atoms with Crippen LogP contribution >= 0.6 is 43.5 Å². The number of ether oxygens (including phenoxy) is 1. The highest BCUT2D eigenvalue weighted by Gasteiger charge is 2.52. The molecule has 0 bridgehead atoms. The molecule has 4 atom stereocenters. The van der Waals surface area contributed by atoms with Gasteiger partial charge in [0.2, 0.25) is 11.8 Å². The van der Waals surface area contributed by atoms with Gasteiger partial charge < -0.3 is 4.74 Å². The Hall–Kier alpha value is -1.98. The van der Waals surface area contributed by atoms with Crippen LogP contribution in [0.1, 0.15) is 23.2 Å². The monoisotopic (exact) mass is 577 g/mol. The second-order valence-electron chi connectivity index (χ2n) is 7.15. The third kappa shape index (κ3) is 5.64. The van der Waals surface area contributed by atoms with Gasteiger partial charge in [-0.05, 0) is 37.1 Å². The van der Waals surface area contributed by atoms with Gasteiger partial charge >= 0.3 is 5.97 Å². The summed E-state index contributed by atoms with van der Waals surface area (Å²) < 4.78 is 4.83. The average Bonchev–Trinajstić information content (AvgIpc) is 2.95. The molecule has 1 aromatic carbocycles. The summed E-state index contributed by atoms with van der Waals surface area (Å²) in [7, 11) is 0. The summed E-state index contributed by atoms with van der Waals surface area (Å²) in [5.74, 6) is -4.01. The van der Waals surface area contributed by atoms with Gasteiger partial charge in [0.15, 0.2) is 6.61 Å². The highest BCUT2D eigenvalue weighted by molar-refractivity contribution is 9.12. The Labute approximate surface area is 199 Å². The molecule has 31 heavy (non-hydrogen) atoms. The van der Waals surface area contributed by atoms with Crippen molar-refractivity contribution in [1.29, 1.82) is 0 Å². The van der Waals surface area contributed by atoms with Crippen molar-refractivity contribution < 1.29 is 28.7 Å². The number of fused-ring (bicyclic) bond motifs is 1. The summed E-state index contributed by atoms with van der Waals surface area (Å²) in [6.45, 7) is -1.25. The molecule has 1 aliphatic carbocycles. The zero-order chi connectivity index (χ0) is 22.7. The number of amides is 4. The summed E-state index contributed by atoms with van der Waals surface area (Å²) >= 11 is 12.7. The van der Waals surface area contributed by atoms with Gasteiger partial charge in [0.25, 0.3) is 11.8 Å². The van der Waals surface area contributed by atoms with E-state index in [0.717, 1.165) is 4.90 Å². The van der Waals surface area contributed by atoms with E-state index < -0.39 is 54.6 Å². The maximum Gasteiger partial charge on any atom is 0.326 e. The number of alkyl halides is 2. The second kappa shape index (κ2) is 10.1. The Morgan fingerprint density at radius 3 is 2.10 bits per heavy atom. The molecule has 3 rings (SSSR count). The lowest BCUT2D eigenvalue weighted by Gasteiger charge is -2.29. The number of halogens is 3. The average molecular weight is 580 g/mol. The quantitative estimate of drug-likeness (QED) is 0.237. The van der Waals surface area contributed by atoms with Crippen molar-refractivity contribution in [3.05, 3.63) is 34.9 Å². The Morgan fingerprint density at radius 2 is 1.55 bits per heavy atom. The topological polar surface area (TPSA) is 122 Å². The lowest BCUT2D eigenvalue weighted by molar-refractivity contribution is -0.155. The molecule has 1 aromatic rings. The van der Waals surface area contributed by atoms with Crippen molar-refractivity contribution in [2.24, 2.45) is 11.8 Å². The maximum absolute atomic E-state index is 12.5. The van der Waals surface area contributed by atoms with Crippen molar-refractivity contribution in [2.45, 2.75) is 22.5 Å². The predicted octanol–water partition coefficient (Wildman–Crippen LogP) is 1.57. The highest BCUT2D eigenvalue weighted by Crippen LogP contribution is 2.43. The molecule has 1 saturated heterocycles. The second-order valence-corrected chi connectivity index (χ2v) is 9.94. The number of hydrogen-bond donors (Lipinski definition) is 2. The molecular formula is C19H18Br2ClN3O6. The number of nitrogens with zero attached hydrogens (tertiary/aromatic N) is 1. The molecule has 9 nitrogen and oxygen atoms in total. The van der Waals surface area contributed by atoms with Crippen molar-refractivity contribution in [3.8, 4) is 0 Å². The zero-order valence-electron chi connectivity index (χ0n) is 16.0. The van der Waals surface area contributed by atoms with Crippen LogP contribution in [0.3, 0.4) is 0 Å². The number of carbonyl (C=O) groups is 5. The summed E-state index contributed by atoms with van der Waals surface area (Å²) in [4.78, 5) is 61.8. The van der Waals surface area contributed by atoms with E-state index in [-0.39, 0.29) is 15.2 Å². The van der Waals surface area contributed by atoms with Crippen LogP contribution in [-0.4, -0.2) is 57.3 Å². The van der Waals surface area contributed by atoms with Crippen molar-refractivity contribution in [3.63, 3.8) is 0 Å². The SMILES string of the molecule is O=C(COC(=O)CN1C(=O)[C@@H]2C[C@@H](Br)[C@@H](Br)C[C@H]2C1=O)NNC(=O)c1ccc(Cl)cc1. The van der Waals surface area contributed by atoms with Gasteiger partial charge in [0.05, 0.1) is 11.8 Å². The molecule has 2 N–H and O–H groups in total. The standard InChI is InChI=1S/C19H18Br2ClN3O6/c20-13-5-11-12(6-14(13)21)19(30)25(18(11)29)7-16(27)31-8-15(26)23-24-17(28)9-1-3-10(22)4-2-9/h1-4,11-14H,5-8H2,(H,23,26)(H,24,28)/t11-,12-,13-,14+/m1/s1. The normalized spacial score (nSPS) is 25.1. The molecule has 0 unspecified atom stereocenters. The molecule has 12 heteroatoms. The summed E-state index contributed by atoms with van der Waals surface area (Å²) in [5, 5.41) is 0.459. The van der Waals surface area contributed by atoms with Gasteiger partial charge in [-0.1, -0.05) is 43.5 Å². The molecule has 166 valence electrons. The van der Waals surface area contributed by atoms with E-state index in [0.29, 0.717) is 17.9 Å². The number of hydrogen-bond acceptors (Lipinski definition) is 6. The van der Waals surface area contributed by atoms with E-state index in [9.17, 15) is 24.0 Å². The third-order valence-electron chi connectivity index (χ3n) is 5.08. The third-order valence-corrected chi connectivity index (χ3v) is 8.06. The Kier molecular flexibility index (Phi) is 7.71. The zero-order valence-corrected chi connectivity index (χ0v) is 19.9. The fourth-order valence-corrected chi connectivity index (χ4v) is 4.84. The van der Waals surface area contributed by atoms with Crippen LogP contribution < -0.4 is 10.9 Å². The van der Waals surface area contributed by atoms with Gasteiger partial charge in [-0.2, -0.15) is 0 Å². The summed E-state index contributed by atoms with van der Waals surface area (Å²) in [6.07, 6.45) is 0.985. The molecule has 0 spiro atoms. The lowest BCUT2D eigenvalue weighted by Crippen LogP contribution is -2.44. The molecule has 2 fully saturated rings. The lowest BCUT2D eigenvalue weighted by atomic mass is 9.81. The number of likely N-dealkylation sites (tertiary alicyclic amines) is 1. The van der Waals surface area contributed by atoms with E-state index >= 15 is 0 Å². The minimum absolute atomic E-state index is 0.0594. The van der Waals surface area contributed by atoms with E-state index in [2.05, 4.69) is 42.7 Å². The maximum atomic E-state index is 12.5. The first kappa shape index (κ1) is 23.7. The van der Waals surface area contributed by atoms with E-state index in [1.54, 1.807) is 0 Å². The number of rotatable bonds is 5. The predicted molar refractivity (Wildman–Crippen MR) is 116 cm³/mol. The fraction of sp³-hybridized carbons (Fsp3) is 0.421. The molecule has 1 heterocycles. The Bertz CT molecular complexity index is 884. The molecule has 1 aliphatic heterocycles. The first-order valence-corrected chi connectivity index (χ1v) is 11.5. The van der Waals surface area contributed by atoms with Gasteiger partial charge in [-0.25, -0.2) is 0 Å². The number of nitrogens with one attached hydrogen (secondary N) is 2. The van der Waals surface area contributed by atoms with Crippen LogP contribution in [0.5, 0.6) is 0 Å². The van der Waals surface area contributed by atoms with Crippen molar-refractivity contribution >= 4 is 73.1 Å². The first-order valence-electron chi connectivity index (χ1n) is 9.31. The van der Waals surface area contributed by atoms with Crippen LogP contribution in [0.4, 0.5) is 0 Å². The van der Waals surface area contributed by atoms with Crippen molar-refractivity contribution in [1.82, 2.24) is 15.8 Å². The van der Waals surface area contributed by atoms with E-state index in [4.69, 9.17) is 16.3 Å². The highest BCUT2D eigenvalue weighted by atomic mass is 79.9. The molecule has 1 saturated carbocycles.